The van der Waals surface area contributed by atoms with E-state index in [2.05, 4.69) is 15.1 Å². The van der Waals surface area contributed by atoms with Gasteiger partial charge < -0.3 is 5.11 Å². The van der Waals surface area contributed by atoms with Crippen LogP contribution in [0.4, 0.5) is 0 Å². The highest BCUT2D eigenvalue weighted by Gasteiger charge is 2.05. The molecular weight excluding hydrogens is 228 g/mol. The molecule has 2 aromatic rings. The first-order valence-corrected chi connectivity index (χ1v) is 5.22. The van der Waals surface area contributed by atoms with Crippen molar-refractivity contribution >= 4 is 11.6 Å². The summed E-state index contributed by atoms with van der Waals surface area (Å²) in [5.74, 6) is 0. The third-order valence-electron chi connectivity index (χ3n) is 2.01. The highest BCUT2D eigenvalue weighted by molar-refractivity contribution is 6.28. The molecule has 0 aliphatic heterocycles. The Morgan fingerprint density at radius 3 is 3.06 bits per heavy atom. The molecule has 2 aromatic heterocycles. The summed E-state index contributed by atoms with van der Waals surface area (Å²) in [6.07, 6.45) is 4.66. The molecular formula is C10H11ClN4O. The topological polar surface area (TPSA) is 63.8 Å². The van der Waals surface area contributed by atoms with Gasteiger partial charge in [-0.3, -0.25) is 4.68 Å². The largest absolute Gasteiger partial charge is 0.391 e. The summed E-state index contributed by atoms with van der Waals surface area (Å²) in [4.78, 5) is 7.88. The van der Waals surface area contributed by atoms with Gasteiger partial charge in [-0.1, -0.05) is 0 Å². The van der Waals surface area contributed by atoms with Crippen molar-refractivity contribution in [2.75, 3.05) is 0 Å². The Hall–Kier alpha value is -1.46. The van der Waals surface area contributed by atoms with Crippen molar-refractivity contribution < 1.29 is 5.11 Å². The predicted octanol–water partition coefficient (Wildman–Crippen LogP) is 1.37. The fourth-order valence-electron chi connectivity index (χ4n) is 1.36. The number of halogens is 1. The summed E-state index contributed by atoms with van der Waals surface area (Å²) >= 11 is 5.70. The van der Waals surface area contributed by atoms with Gasteiger partial charge >= 0.3 is 0 Å². The first-order chi connectivity index (χ1) is 7.65. The molecule has 0 radical (unpaired) electrons. The second kappa shape index (κ2) is 4.59. The molecule has 6 heteroatoms. The number of aliphatic hydroxyl groups is 1. The maximum Gasteiger partial charge on any atom is 0.222 e. The van der Waals surface area contributed by atoms with Crippen molar-refractivity contribution in [1.82, 2.24) is 19.7 Å². The highest BCUT2D eigenvalue weighted by atomic mass is 35.5. The lowest BCUT2D eigenvalue weighted by molar-refractivity contribution is 0.168. The van der Waals surface area contributed by atoms with Crippen molar-refractivity contribution in [3.8, 4) is 11.3 Å². The minimum atomic E-state index is -0.429. The monoisotopic (exact) mass is 238 g/mol. The van der Waals surface area contributed by atoms with Gasteiger partial charge in [-0.25, -0.2) is 9.97 Å². The minimum Gasteiger partial charge on any atom is -0.391 e. The molecule has 5 nitrogen and oxygen atoms in total. The van der Waals surface area contributed by atoms with Gasteiger partial charge in [-0.05, 0) is 24.6 Å². The van der Waals surface area contributed by atoms with Crippen molar-refractivity contribution in [1.29, 1.82) is 0 Å². The third-order valence-corrected chi connectivity index (χ3v) is 2.19. The molecule has 0 aliphatic carbocycles. The van der Waals surface area contributed by atoms with E-state index in [0.29, 0.717) is 6.54 Å². The third kappa shape index (κ3) is 2.56. The van der Waals surface area contributed by atoms with E-state index in [1.54, 1.807) is 30.1 Å². The minimum absolute atomic E-state index is 0.209. The van der Waals surface area contributed by atoms with Crippen LogP contribution in [0.3, 0.4) is 0 Å². The molecule has 1 unspecified atom stereocenters. The predicted molar refractivity (Wildman–Crippen MR) is 59.9 cm³/mol. The Kier molecular flexibility index (Phi) is 3.17. The first kappa shape index (κ1) is 11.0. The molecule has 0 saturated heterocycles. The highest BCUT2D eigenvalue weighted by Crippen LogP contribution is 2.16. The van der Waals surface area contributed by atoms with Crippen LogP contribution < -0.4 is 0 Å². The second-order valence-electron chi connectivity index (χ2n) is 3.51. The number of nitrogens with zero attached hydrogens (tertiary/aromatic N) is 4. The number of aromatic nitrogens is 4. The summed E-state index contributed by atoms with van der Waals surface area (Å²) in [7, 11) is 0. The lowest BCUT2D eigenvalue weighted by atomic mass is 10.2. The summed E-state index contributed by atoms with van der Waals surface area (Å²) in [6.45, 7) is 2.17. The molecule has 0 spiro atoms. The smallest absolute Gasteiger partial charge is 0.222 e. The van der Waals surface area contributed by atoms with E-state index in [-0.39, 0.29) is 5.28 Å². The molecule has 0 aromatic carbocycles. The molecule has 0 aliphatic rings. The molecule has 0 fully saturated rings. The number of hydrogen-bond acceptors (Lipinski definition) is 4. The van der Waals surface area contributed by atoms with Crippen molar-refractivity contribution in [2.45, 2.75) is 19.6 Å². The number of aliphatic hydroxyl groups excluding tert-OH is 1. The number of hydrogen-bond donors (Lipinski definition) is 1. The Balaban J connectivity index is 2.24. The van der Waals surface area contributed by atoms with E-state index < -0.39 is 6.10 Å². The summed E-state index contributed by atoms with van der Waals surface area (Å²) in [5, 5.41) is 13.5. The Morgan fingerprint density at radius 2 is 2.38 bits per heavy atom. The normalized spacial score (nSPS) is 12.7. The second-order valence-corrected chi connectivity index (χ2v) is 3.85. The molecule has 16 heavy (non-hydrogen) atoms. The van der Waals surface area contributed by atoms with Crippen molar-refractivity contribution in [2.24, 2.45) is 0 Å². The van der Waals surface area contributed by atoms with Crippen LogP contribution in [-0.2, 0) is 6.54 Å². The van der Waals surface area contributed by atoms with E-state index in [1.165, 1.54) is 0 Å². The summed E-state index contributed by atoms with van der Waals surface area (Å²) < 4.78 is 1.66. The van der Waals surface area contributed by atoms with Gasteiger partial charge in [-0.15, -0.1) is 0 Å². The van der Waals surface area contributed by atoms with E-state index in [9.17, 15) is 5.11 Å². The summed E-state index contributed by atoms with van der Waals surface area (Å²) in [6, 6.07) is 1.76. The van der Waals surface area contributed by atoms with E-state index >= 15 is 0 Å². The van der Waals surface area contributed by atoms with Crippen LogP contribution in [0.2, 0.25) is 5.28 Å². The average molecular weight is 239 g/mol. The Labute approximate surface area is 97.7 Å². The van der Waals surface area contributed by atoms with Crippen LogP contribution >= 0.6 is 11.6 Å². The van der Waals surface area contributed by atoms with E-state index in [1.807, 2.05) is 6.20 Å². The Morgan fingerprint density at radius 1 is 1.56 bits per heavy atom. The Bertz CT molecular complexity index is 483. The van der Waals surface area contributed by atoms with Crippen LogP contribution in [0.15, 0.2) is 24.7 Å². The molecule has 84 valence electrons. The molecule has 2 heterocycles. The van der Waals surface area contributed by atoms with Gasteiger partial charge in [-0.2, -0.15) is 5.10 Å². The van der Waals surface area contributed by atoms with Gasteiger partial charge in [0.15, 0.2) is 0 Å². The fraction of sp³-hybridized carbons (Fsp3) is 0.300. The quantitative estimate of drug-likeness (QED) is 0.821. The SMILES string of the molecule is CC(O)Cn1cc(-c2ccnc(Cl)n2)cn1. The van der Waals surface area contributed by atoms with Crippen LogP contribution in [0, 0.1) is 0 Å². The maximum atomic E-state index is 9.22. The zero-order valence-corrected chi connectivity index (χ0v) is 9.46. The van der Waals surface area contributed by atoms with Crippen molar-refractivity contribution in [3.63, 3.8) is 0 Å². The zero-order chi connectivity index (χ0) is 11.5. The number of rotatable bonds is 3. The van der Waals surface area contributed by atoms with Gasteiger partial charge in [0, 0.05) is 18.0 Å². The maximum absolute atomic E-state index is 9.22. The summed E-state index contributed by atoms with van der Waals surface area (Å²) in [5.41, 5.74) is 1.57. The fourth-order valence-corrected chi connectivity index (χ4v) is 1.51. The zero-order valence-electron chi connectivity index (χ0n) is 8.71. The molecule has 2 rings (SSSR count). The molecule has 0 amide bonds. The van der Waals surface area contributed by atoms with E-state index in [4.69, 9.17) is 11.6 Å². The van der Waals surface area contributed by atoms with Crippen LogP contribution in [0.1, 0.15) is 6.92 Å². The first-order valence-electron chi connectivity index (χ1n) is 4.84. The van der Waals surface area contributed by atoms with Gasteiger partial charge in [0.25, 0.3) is 0 Å². The molecule has 0 saturated carbocycles. The van der Waals surface area contributed by atoms with Gasteiger partial charge in [0.05, 0.1) is 24.5 Å². The van der Waals surface area contributed by atoms with Gasteiger partial charge in [0.1, 0.15) is 0 Å². The van der Waals surface area contributed by atoms with E-state index in [0.717, 1.165) is 11.3 Å². The molecule has 0 bridgehead atoms. The van der Waals surface area contributed by atoms with Gasteiger partial charge in [0.2, 0.25) is 5.28 Å². The molecule has 1 atom stereocenters. The van der Waals surface area contributed by atoms with Crippen molar-refractivity contribution in [3.05, 3.63) is 29.9 Å². The average Bonchev–Trinajstić information content (AvgIpc) is 2.65. The van der Waals surface area contributed by atoms with Crippen LogP contribution in [0.25, 0.3) is 11.3 Å². The van der Waals surface area contributed by atoms with Crippen LogP contribution in [0.5, 0.6) is 0 Å². The lowest BCUT2D eigenvalue weighted by Crippen LogP contribution is -2.11. The lowest BCUT2D eigenvalue weighted by Gasteiger charge is -2.02. The standard InChI is InChI=1S/C10H11ClN4O/c1-7(16)5-15-6-8(4-13-15)9-2-3-12-10(11)14-9/h2-4,6-7,16H,5H2,1H3. The molecule has 1 N–H and O–H groups in total. The van der Waals surface area contributed by atoms with Crippen LogP contribution in [-0.4, -0.2) is 31.0 Å².